The molecule has 1 N–H and O–H groups in total. The molecule has 0 fully saturated rings. The van der Waals surface area contributed by atoms with Crippen LogP contribution in [0.5, 0.6) is 0 Å². The Morgan fingerprint density at radius 2 is 1.83 bits per heavy atom. The third-order valence-electron chi connectivity index (χ3n) is 1.14. The van der Waals surface area contributed by atoms with Gasteiger partial charge >= 0.3 is 6.03 Å². The predicted molar refractivity (Wildman–Crippen MR) is 37.8 cm³/mol. The number of rotatable bonds is 5. The Hall–Kier alpha value is -1.27. The van der Waals surface area contributed by atoms with E-state index in [-0.39, 0.29) is 13.1 Å². The highest BCUT2D eigenvalue weighted by Crippen LogP contribution is 1.90. The van der Waals surface area contributed by atoms with Gasteiger partial charge in [-0.15, -0.1) is 4.91 Å². The van der Waals surface area contributed by atoms with E-state index in [1.807, 2.05) is 0 Å². The fraction of sp³-hybridized carbons (Fsp3) is 0.800. The van der Waals surface area contributed by atoms with Crippen LogP contribution in [0.3, 0.4) is 0 Å². The van der Waals surface area contributed by atoms with Crippen molar-refractivity contribution in [2.45, 2.75) is 0 Å². The van der Waals surface area contributed by atoms with Gasteiger partial charge in [-0.1, -0.05) is 0 Å². The number of nitroso groups, excluding NO2 is 1. The summed E-state index contributed by atoms with van der Waals surface area (Å²) in [6, 6.07) is -0.889. The first-order valence-corrected chi connectivity index (χ1v) is 3.25. The van der Waals surface area contributed by atoms with E-state index in [9.17, 15) is 18.5 Å². The summed E-state index contributed by atoms with van der Waals surface area (Å²) in [5, 5.41) is 2.08. The molecule has 0 aromatic rings. The fourth-order valence-corrected chi connectivity index (χ4v) is 0.629. The largest absolute Gasteiger partial charge is 0.340 e. The van der Waals surface area contributed by atoms with Crippen LogP contribution in [-0.2, 0) is 0 Å². The molecule has 0 saturated carbocycles. The number of hydrogen-bond acceptors (Lipinski definition) is 3. The smallest absolute Gasteiger partial charge is 0.318 e. The summed E-state index contributed by atoms with van der Waals surface area (Å²) < 4.78 is 23.4. The molecule has 0 saturated heterocycles. The second-order valence-electron chi connectivity index (χ2n) is 1.87. The molecular formula is C5H9F2N3O2. The van der Waals surface area contributed by atoms with Gasteiger partial charge < -0.3 is 4.90 Å². The zero-order chi connectivity index (χ0) is 9.40. The molecule has 0 aliphatic rings. The molecule has 0 aromatic carbocycles. The highest BCUT2D eigenvalue weighted by Gasteiger charge is 2.11. The lowest BCUT2D eigenvalue weighted by Crippen LogP contribution is -2.40. The minimum absolute atomic E-state index is 0.245. The van der Waals surface area contributed by atoms with Crippen molar-refractivity contribution in [1.29, 1.82) is 0 Å². The summed E-state index contributed by atoms with van der Waals surface area (Å²) in [4.78, 5) is 21.1. The molecule has 0 bridgehead atoms. The van der Waals surface area contributed by atoms with Crippen LogP contribution in [0.15, 0.2) is 5.29 Å². The monoisotopic (exact) mass is 181 g/mol. The van der Waals surface area contributed by atoms with Crippen LogP contribution < -0.4 is 5.43 Å². The van der Waals surface area contributed by atoms with Crippen molar-refractivity contribution in [2.75, 3.05) is 26.4 Å². The van der Waals surface area contributed by atoms with Crippen LogP contribution in [0.2, 0.25) is 0 Å². The van der Waals surface area contributed by atoms with Gasteiger partial charge in [0, 0.05) is 0 Å². The number of halogens is 2. The maximum Gasteiger partial charge on any atom is 0.340 e. The van der Waals surface area contributed by atoms with Gasteiger partial charge in [0.15, 0.2) is 0 Å². The minimum Gasteiger partial charge on any atom is -0.318 e. The average molecular weight is 181 g/mol. The van der Waals surface area contributed by atoms with Crippen molar-refractivity contribution in [2.24, 2.45) is 5.29 Å². The summed E-state index contributed by atoms with van der Waals surface area (Å²) in [5.74, 6) is 0. The van der Waals surface area contributed by atoms with Crippen molar-refractivity contribution < 1.29 is 13.6 Å². The molecule has 5 nitrogen and oxygen atoms in total. The fourth-order valence-electron chi connectivity index (χ4n) is 0.629. The van der Waals surface area contributed by atoms with E-state index in [0.29, 0.717) is 0 Å². The molecule has 0 rings (SSSR count). The number of carbonyl (C=O) groups excluding carboxylic acids is 1. The van der Waals surface area contributed by atoms with Gasteiger partial charge in [-0.3, -0.25) is 0 Å². The number of alkyl halides is 2. The third kappa shape index (κ3) is 3.79. The number of nitrogens with one attached hydrogen (secondary N) is 1. The van der Waals surface area contributed by atoms with E-state index in [4.69, 9.17) is 0 Å². The minimum atomic E-state index is -0.889. The van der Waals surface area contributed by atoms with Crippen LogP contribution in [0, 0.1) is 4.91 Å². The normalized spacial score (nSPS) is 9.17. The van der Waals surface area contributed by atoms with Gasteiger partial charge in [-0.05, 0) is 0 Å². The molecule has 7 heteroatoms. The molecule has 0 spiro atoms. The summed E-state index contributed by atoms with van der Waals surface area (Å²) in [7, 11) is 0. The Morgan fingerprint density at radius 1 is 1.33 bits per heavy atom. The number of urea groups is 1. The van der Waals surface area contributed by atoms with Crippen molar-refractivity contribution in [3.05, 3.63) is 4.91 Å². The van der Waals surface area contributed by atoms with Crippen LogP contribution in [0.25, 0.3) is 0 Å². The number of carbonyl (C=O) groups is 1. The highest BCUT2D eigenvalue weighted by atomic mass is 19.1. The van der Waals surface area contributed by atoms with E-state index in [1.165, 1.54) is 5.43 Å². The van der Waals surface area contributed by atoms with Crippen LogP contribution in [0.1, 0.15) is 0 Å². The summed E-state index contributed by atoms with van der Waals surface area (Å²) >= 11 is 0. The number of amides is 2. The van der Waals surface area contributed by atoms with Gasteiger partial charge in [0.05, 0.1) is 18.4 Å². The second-order valence-corrected chi connectivity index (χ2v) is 1.87. The third-order valence-corrected chi connectivity index (χ3v) is 1.14. The molecule has 0 aliphatic heterocycles. The maximum atomic E-state index is 11.7. The van der Waals surface area contributed by atoms with Crippen molar-refractivity contribution >= 4 is 6.03 Å². The zero-order valence-electron chi connectivity index (χ0n) is 6.30. The first-order chi connectivity index (χ1) is 5.76. The quantitative estimate of drug-likeness (QED) is 0.499. The summed E-state index contributed by atoms with van der Waals surface area (Å²) in [5.41, 5.74) is 1.54. The Balaban J connectivity index is 3.89. The molecule has 12 heavy (non-hydrogen) atoms. The van der Waals surface area contributed by atoms with E-state index >= 15 is 0 Å². The van der Waals surface area contributed by atoms with Crippen LogP contribution >= 0.6 is 0 Å². The predicted octanol–water partition coefficient (Wildman–Crippen LogP) is 0.618. The molecule has 0 unspecified atom stereocenters. The Labute approximate surface area is 67.7 Å². The molecule has 0 radical (unpaired) electrons. The second kappa shape index (κ2) is 6.44. The van der Waals surface area contributed by atoms with E-state index < -0.39 is 19.4 Å². The lowest BCUT2D eigenvalue weighted by atomic mass is 10.5. The number of nitrogens with zero attached hydrogens (tertiary/aromatic N) is 2. The molecular weight excluding hydrogens is 172 g/mol. The van der Waals surface area contributed by atoms with Gasteiger partial charge in [0.1, 0.15) is 13.3 Å². The summed E-state index contributed by atoms with van der Waals surface area (Å²) in [6.45, 7) is -2.06. The first-order valence-electron chi connectivity index (χ1n) is 3.25. The molecule has 0 heterocycles. The average Bonchev–Trinajstić information content (AvgIpc) is 2.04. The Kier molecular flexibility index (Phi) is 5.76. The van der Waals surface area contributed by atoms with Crippen LogP contribution in [0.4, 0.5) is 13.6 Å². The van der Waals surface area contributed by atoms with E-state index in [0.717, 1.165) is 4.90 Å². The van der Waals surface area contributed by atoms with Crippen LogP contribution in [-0.4, -0.2) is 37.4 Å². The van der Waals surface area contributed by atoms with Gasteiger partial charge in [-0.25, -0.2) is 13.6 Å². The van der Waals surface area contributed by atoms with E-state index in [2.05, 4.69) is 5.29 Å². The zero-order valence-corrected chi connectivity index (χ0v) is 6.30. The standard InChI is InChI=1S/C5H9F2N3O2/c6-1-3-10(4-2-7)5(11)8-9-12/h1-4H2,(H,8,11,12). The van der Waals surface area contributed by atoms with E-state index in [1.54, 1.807) is 0 Å². The van der Waals surface area contributed by atoms with Crippen molar-refractivity contribution in [3.63, 3.8) is 0 Å². The molecule has 0 aliphatic carbocycles. The SMILES string of the molecule is O=NNC(=O)N(CCF)CCF. The molecule has 0 aromatic heterocycles. The lowest BCUT2D eigenvalue weighted by Gasteiger charge is -2.17. The Bertz CT molecular complexity index is 150. The lowest BCUT2D eigenvalue weighted by molar-refractivity contribution is 0.187. The van der Waals surface area contributed by atoms with Crippen molar-refractivity contribution in [1.82, 2.24) is 10.3 Å². The topological polar surface area (TPSA) is 61.8 Å². The van der Waals surface area contributed by atoms with Gasteiger partial charge in [0.2, 0.25) is 0 Å². The van der Waals surface area contributed by atoms with Gasteiger partial charge in [-0.2, -0.15) is 5.43 Å². The Morgan fingerprint density at radius 3 is 2.17 bits per heavy atom. The van der Waals surface area contributed by atoms with Crippen molar-refractivity contribution in [3.8, 4) is 0 Å². The molecule has 2 amide bonds. The highest BCUT2D eigenvalue weighted by molar-refractivity contribution is 5.73. The number of hydrogen-bond donors (Lipinski definition) is 1. The first kappa shape index (κ1) is 10.7. The molecule has 0 atom stereocenters. The molecule has 70 valence electrons. The maximum absolute atomic E-state index is 11.7. The van der Waals surface area contributed by atoms with Gasteiger partial charge in [0.25, 0.3) is 0 Å². The summed E-state index contributed by atoms with van der Waals surface area (Å²) in [6.07, 6.45) is 0.